The first-order valence-corrected chi connectivity index (χ1v) is 6.30. The molecule has 2 aromatic rings. The van der Waals surface area contributed by atoms with Gasteiger partial charge in [0.2, 0.25) is 0 Å². The molecule has 0 bridgehead atoms. The van der Waals surface area contributed by atoms with Gasteiger partial charge in [-0.25, -0.2) is 4.98 Å². The van der Waals surface area contributed by atoms with Crippen LogP contribution in [0.3, 0.4) is 0 Å². The van der Waals surface area contributed by atoms with Gasteiger partial charge in [0.1, 0.15) is 18.7 Å². The van der Waals surface area contributed by atoms with Gasteiger partial charge in [0.15, 0.2) is 5.82 Å². The van der Waals surface area contributed by atoms with Crippen molar-refractivity contribution in [2.24, 2.45) is 7.05 Å². The van der Waals surface area contributed by atoms with E-state index >= 15 is 0 Å². The fourth-order valence-electron chi connectivity index (χ4n) is 1.57. The standard InChI is InChI=1S/C12H14BrN3O2/c1-8(17)10-5-9(13)3-4-11(10)18-6-12-14-7-15-16(12)2/h3-5,7-8,17H,6H2,1-2H3. The predicted molar refractivity (Wildman–Crippen MR) is 70.1 cm³/mol. The highest BCUT2D eigenvalue weighted by molar-refractivity contribution is 9.10. The van der Waals surface area contributed by atoms with Crippen molar-refractivity contribution in [2.45, 2.75) is 19.6 Å². The molecule has 0 spiro atoms. The number of halogens is 1. The number of benzene rings is 1. The largest absolute Gasteiger partial charge is 0.485 e. The van der Waals surface area contributed by atoms with Crippen LogP contribution in [0.15, 0.2) is 29.0 Å². The lowest BCUT2D eigenvalue weighted by Gasteiger charge is -2.13. The van der Waals surface area contributed by atoms with Crippen LogP contribution in [0.5, 0.6) is 5.75 Å². The highest BCUT2D eigenvalue weighted by Crippen LogP contribution is 2.28. The van der Waals surface area contributed by atoms with Gasteiger partial charge < -0.3 is 9.84 Å². The van der Waals surface area contributed by atoms with Gasteiger partial charge in [-0.1, -0.05) is 15.9 Å². The first kappa shape index (κ1) is 13.0. The molecule has 1 atom stereocenters. The second kappa shape index (κ2) is 5.49. The molecule has 0 saturated heterocycles. The molecule has 6 heteroatoms. The molecular formula is C12H14BrN3O2. The van der Waals surface area contributed by atoms with Crippen molar-refractivity contribution in [2.75, 3.05) is 0 Å². The Balaban J connectivity index is 2.16. The van der Waals surface area contributed by atoms with Crippen molar-refractivity contribution < 1.29 is 9.84 Å². The van der Waals surface area contributed by atoms with E-state index in [0.717, 1.165) is 15.9 Å². The number of hydrogen-bond acceptors (Lipinski definition) is 4. The molecule has 0 aliphatic heterocycles. The minimum atomic E-state index is -0.586. The molecule has 2 rings (SSSR count). The van der Waals surface area contributed by atoms with Gasteiger partial charge in [-0.2, -0.15) is 5.10 Å². The van der Waals surface area contributed by atoms with Crippen LogP contribution in [0.2, 0.25) is 0 Å². The third-order valence-electron chi connectivity index (χ3n) is 2.58. The number of hydrogen-bond donors (Lipinski definition) is 1. The lowest BCUT2D eigenvalue weighted by Crippen LogP contribution is -2.06. The molecule has 0 aliphatic carbocycles. The number of aliphatic hydroxyl groups excluding tert-OH is 1. The smallest absolute Gasteiger partial charge is 0.164 e. The monoisotopic (exact) mass is 311 g/mol. The number of aliphatic hydroxyl groups is 1. The quantitative estimate of drug-likeness (QED) is 0.940. The molecule has 1 aromatic heterocycles. The van der Waals surface area contributed by atoms with Crippen LogP contribution in [0.4, 0.5) is 0 Å². The summed E-state index contributed by atoms with van der Waals surface area (Å²) in [5, 5.41) is 13.7. The maximum absolute atomic E-state index is 9.71. The van der Waals surface area contributed by atoms with E-state index in [1.807, 2.05) is 25.2 Å². The fraction of sp³-hybridized carbons (Fsp3) is 0.333. The first-order chi connectivity index (χ1) is 8.58. The Labute approximate surface area is 114 Å². The normalized spacial score (nSPS) is 12.4. The van der Waals surface area contributed by atoms with E-state index in [0.29, 0.717) is 12.4 Å². The summed E-state index contributed by atoms with van der Waals surface area (Å²) in [5.74, 6) is 1.38. The van der Waals surface area contributed by atoms with Crippen molar-refractivity contribution in [3.63, 3.8) is 0 Å². The average Bonchev–Trinajstić information content (AvgIpc) is 2.73. The van der Waals surface area contributed by atoms with Gasteiger partial charge in [-0.15, -0.1) is 0 Å². The van der Waals surface area contributed by atoms with Gasteiger partial charge in [-0.05, 0) is 25.1 Å². The summed E-state index contributed by atoms with van der Waals surface area (Å²) < 4.78 is 8.24. The van der Waals surface area contributed by atoms with E-state index in [-0.39, 0.29) is 0 Å². The lowest BCUT2D eigenvalue weighted by molar-refractivity contribution is 0.189. The molecule has 1 aromatic carbocycles. The number of rotatable bonds is 4. The van der Waals surface area contributed by atoms with E-state index in [4.69, 9.17) is 4.74 Å². The molecule has 0 saturated carbocycles. The Hall–Kier alpha value is -1.40. The zero-order valence-corrected chi connectivity index (χ0v) is 11.8. The zero-order valence-electron chi connectivity index (χ0n) is 10.2. The van der Waals surface area contributed by atoms with Crippen molar-refractivity contribution in [1.29, 1.82) is 0 Å². The second-order valence-electron chi connectivity index (χ2n) is 3.95. The highest BCUT2D eigenvalue weighted by Gasteiger charge is 2.11. The summed E-state index contributed by atoms with van der Waals surface area (Å²) in [7, 11) is 1.81. The van der Waals surface area contributed by atoms with Crippen LogP contribution < -0.4 is 4.74 Å². The van der Waals surface area contributed by atoms with E-state index in [1.54, 1.807) is 11.6 Å². The van der Waals surface area contributed by atoms with Crippen molar-refractivity contribution in [1.82, 2.24) is 14.8 Å². The Kier molecular flexibility index (Phi) is 3.98. The number of ether oxygens (including phenoxy) is 1. The van der Waals surface area contributed by atoms with Gasteiger partial charge in [0.25, 0.3) is 0 Å². The predicted octanol–water partition coefficient (Wildman–Crippen LogP) is 2.21. The Morgan fingerprint density at radius 2 is 2.28 bits per heavy atom. The minimum absolute atomic E-state index is 0.317. The summed E-state index contributed by atoms with van der Waals surface area (Å²) in [4.78, 5) is 4.08. The molecule has 18 heavy (non-hydrogen) atoms. The molecular weight excluding hydrogens is 298 g/mol. The maximum Gasteiger partial charge on any atom is 0.164 e. The SMILES string of the molecule is CC(O)c1cc(Br)ccc1OCc1ncnn1C. The fourth-order valence-corrected chi connectivity index (χ4v) is 1.95. The lowest BCUT2D eigenvalue weighted by atomic mass is 10.1. The van der Waals surface area contributed by atoms with E-state index in [2.05, 4.69) is 26.0 Å². The van der Waals surface area contributed by atoms with Crippen LogP contribution in [0, 0.1) is 0 Å². The third-order valence-corrected chi connectivity index (χ3v) is 3.08. The molecule has 1 N–H and O–H groups in total. The molecule has 0 fully saturated rings. The molecule has 0 radical (unpaired) electrons. The summed E-state index contributed by atoms with van der Waals surface area (Å²) >= 11 is 3.37. The van der Waals surface area contributed by atoms with E-state index in [9.17, 15) is 5.11 Å². The number of nitrogens with zero attached hydrogens (tertiary/aromatic N) is 3. The molecule has 96 valence electrons. The van der Waals surface area contributed by atoms with Crippen molar-refractivity contribution in [3.05, 3.63) is 40.4 Å². The van der Waals surface area contributed by atoms with E-state index in [1.165, 1.54) is 6.33 Å². The van der Waals surface area contributed by atoms with Crippen LogP contribution in [0.1, 0.15) is 24.4 Å². The Bertz CT molecular complexity index is 540. The summed E-state index contributed by atoms with van der Waals surface area (Å²) in [6.45, 7) is 2.02. The minimum Gasteiger partial charge on any atom is -0.485 e. The summed E-state index contributed by atoms with van der Waals surface area (Å²) in [6.07, 6.45) is 0.896. The Morgan fingerprint density at radius 3 is 2.89 bits per heavy atom. The molecule has 1 unspecified atom stereocenters. The highest BCUT2D eigenvalue weighted by atomic mass is 79.9. The van der Waals surface area contributed by atoms with Crippen LogP contribution in [0.25, 0.3) is 0 Å². The van der Waals surface area contributed by atoms with Crippen molar-refractivity contribution in [3.8, 4) is 5.75 Å². The summed E-state index contributed by atoms with van der Waals surface area (Å²) in [6, 6.07) is 5.54. The number of aromatic nitrogens is 3. The van der Waals surface area contributed by atoms with Crippen LogP contribution >= 0.6 is 15.9 Å². The Morgan fingerprint density at radius 1 is 1.50 bits per heavy atom. The van der Waals surface area contributed by atoms with Crippen molar-refractivity contribution >= 4 is 15.9 Å². The average molecular weight is 312 g/mol. The van der Waals surface area contributed by atoms with E-state index < -0.39 is 6.10 Å². The number of aryl methyl sites for hydroxylation is 1. The van der Waals surface area contributed by atoms with Crippen LogP contribution in [-0.4, -0.2) is 19.9 Å². The molecule has 0 aliphatic rings. The molecule has 0 amide bonds. The zero-order chi connectivity index (χ0) is 13.1. The summed E-state index contributed by atoms with van der Waals surface area (Å²) in [5.41, 5.74) is 0.742. The van der Waals surface area contributed by atoms with Gasteiger partial charge in [0, 0.05) is 17.1 Å². The third kappa shape index (κ3) is 2.88. The first-order valence-electron chi connectivity index (χ1n) is 5.51. The van der Waals surface area contributed by atoms with Gasteiger partial charge >= 0.3 is 0 Å². The van der Waals surface area contributed by atoms with Crippen LogP contribution in [-0.2, 0) is 13.7 Å². The molecule has 5 nitrogen and oxygen atoms in total. The maximum atomic E-state index is 9.71. The topological polar surface area (TPSA) is 60.2 Å². The van der Waals surface area contributed by atoms with Gasteiger partial charge in [-0.3, -0.25) is 4.68 Å². The second-order valence-corrected chi connectivity index (χ2v) is 4.86. The van der Waals surface area contributed by atoms with Gasteiger partial charge in [0.05, 0.1) is 6.10 Å². The molecule has 1 heterocycles.